The quantitative estimate of drug-likeness (QED) is 0.591. The van der Waals surface area contributed by atoms with Crippen molar-refractivity contribution in [2.24, 2.45) is 5.16 Å². The molecule has 1 aliphatic heterocycles. The Hall–Kier alpha value is -1.98. The van der Waals surface area contributed by atoms with E-state index in [9.17, 15) is 9.18 Å². The van der Waals surface area contributed by atoms with Crippen LogP contribution in [0.1, 0.15) is 23.2 Å². The molecule has 17 heavy (non-hydrogen) atoms. The van der Waals surface area contributed by atoms with Crippen molar-refractivity contribution in [3.63, 3.8) is 0 Å². The second kappa shape index (κ2) is 4.90. The maximum Gasteiger partial charge on any atom is 0.256 e. The molecule has 0 unspecified atom stereocenters. The lowest BCUT2D eigenvalue weighted by atomic mass is 10.1. The number of piperidine rings is 1. The Bertz CT molecular complexity index is 452. The molecule has 1 aromatic heterocycles. The molecule has 1 aromatic rings. The number of rotatable bonds is 1. The normalized spacial score (nSPS) is 15.8. The molecule has 0 spiro atoms. The maximum atomic E-state index is 13.4. The fourth-order valence-corrected chi connectivity index (χ4v) is 1.79. The number of halogens is 1. The summed E-state index contributed by atoms with van der Waals surface area (Å²) in [6, 6.07) is 1.37. The number of oxime groups is 1. The van der Waals surface area contributed by atoms with Crippen molar-refractivity contribution >= 4 is 11.6 Å². The molecule has 0 atom stereocenters. The first-order valence-corrected chi connectivity index (χ1v) is 5.31. The fraction of sp³-hybridized carbons (Fsp3) is 0.364. The summed E-state index contributed by atoms with van der Waals surface area (Å²) in [6.45, 7) is 0.889. The van der Waals surface area contributed by atoms with Gasteiger partial charge in [-0.25, -0.2) is 4.39 Å². The number of hydrogen-bond donors (Lipinski definition) is 1. The minimum absolute atomic E-state index is 0.0318. The summed E-state index contributed by atoms with van der Waals surface area (Å²) in [6.07, 6.45) is 3.46. The number of hydrogen-bond acceptors (Lipinski definition) is 4. The van der Waals surface area contributed by atoms with Gasteiger partial charge in [0.05, 0.1) is 17.5 Å². The number of nitrogens with zero attached hydrogens (tertiary/aromatic N) is 3. The Balaban J connectivity index is 2.10. The number of pyridine rings is 1. The van der Waals surface area contributed by atoms with Crippen LogP contribution in [-0.4, -0.2) is 39.8 Å². The van der Waals surface area contributed by atoms with Gasteiger partial charge in [0.1, 0.15) is 0 Å². The van der Waals surface area contributed by atoms with E-state index < -0.39 is 5.82 Å². The molecule has 1 N–H and O–H groups in total. The number of amides is 1. The fourth-order valence-electron chi connectivity index (χ4n) is 1.79. The first-order chi connectivity index (χ1) is 8.22. The van der Waals surface area contributed by atoms with Crippen molar-refractivity contribution < 1.29 is 14.4 Å². The van der Waals surface area contributed by atoms with Gasteiger partial charge in [0.25, 0.3) is 5.91 Å². The van der Waals surface area contributed by atoms with Crippen LogP contribution < -0.4 is 0 Å². The Morgan fingerprint density at radius 3 is 2.76 bits per heavy atom. The van der Waals surface area contributed by atoms with Crippen molar-refractivity contribution in [2.45, 2.75) is 12.8 Å². The molecule has 1 amide bonds. The van der Waals surface area contributed by atoms with Crippen molar-refractivity contribution in [1.29, 1.82) is 0 Å². The van der Waals surface area contributed by atoms with Gasteiger partial charge in [0.15, 0.2) is 5.82 Å². The zero-order chi connectivity index (χ0) is 12.3. The van der Waals surface area contributed by atoms with Gasteiger partial charge in [-0.3, -0.25) is 9.78 Å². The molecule has 0 saturated carbocycles. The average Bonchev–Trinajstić information content (AvgIpc) is 2.39. The molecule has 1 aliphatic rings. The van der Waals surface area contributed by atoms with Gasteiger partial charge in [-0.2, -0.15) is 0 Å². The van der Waals surface area contributed by atoms with Gasteiger partial charge in [-0.05, 0) is 6.07 Å². The van der Waals surface area contributed by atoms with Crippen LogP contribution in [-0.2, 0) is 0 Å². The second-order valence-corrected chi connectivity index (χ2v) is 3.81. The first-order valence-electron chi connectivity index (χ1n) is 5.31. The third kappa shape index (κ3) is 2.41. The van der Waals surface area contributed by atoms with Crippen LogP contribution >= 0.6 is 0 Å². The zero-order valence-electron chi connectivity index (χ0n) is 9.14. The Morgan fingerprint density at radius 2 is 2.18 bits per heavy atom. The minimum Gasteiger partial charge on any atom is -0.411 e. The largest absolute Gasteiger partial charge is 0.411 e. The predicted octanol–water partition coefficient (Wildman–Crippen LogP) is 1.29. The van der Waals surface area contributed by atoms with E-state index in [1.165, 1.54) is 12.3 Å². The molecule has 1 saturated heterocycles. The van der Waals surface area contributed by atoms with E-state index >= 15 is 0 Å². The van der Waals surface area contributed by atoms with E-state index in [1.807, 2.05) is 0 Å². The molecule has 0 aliphatic carbocycles. The molecule has 5 nitrogen and oxygen atoms in total. The summed E-state index contributed by atoms with van der Waals surface area (Å²) in [5, 5.41) is 11.7. The lowest BCUT2D eigenvalue weighted by Gasteiger charge is -2.27. The van der Waals surface area contributed by atoms with E-state index in [0.29, 0.717) is 31.6 Å². The number of aromatic nitrogens is 1. The van der Waals surface area contributed by atoms with Crippen LogP contribution in [0.5, 0.6) is 0 Å². The first kappa shape index (κ1) is 11.5. The smallest absolute Gasteiger partial charge is 0.256 e. The van der Waals surface area contributed by atoms with Gasteiger partial charge in [0, 0.05) is 32.1 Å². The Morgan fingerprint density at radius 1 is 1.47 bits per heavy atom. The molecule has 1 fully saturated rings. The third-order valence-corrected chi connectivity index (χ3v) is 2.77. The molecule has 6 heteroatoms. The summed E-state index contributed by atoms with van der Waals surface area (Å²) in [7, 11) is 0. The van der Waals surface area contributed by atoms with Crippen LogP contribution in [0.15, 0.2) is 23.6 Å². The number of likely N-dealkylation sites (tertiary alicyclic amines) is 1. The molecule has 2 rings (SSSR count). The van der Waals surface area contributed by atoms with Crippen LogP contribution in [0.2, 0.25) is 0 Å². The van der Waals surface area contributed by atoms with Crippen LogP contribution in [0.4, 0.5) is 4.39 Å². The van der Waals surface area contributed by atoms with E-state index in [2.05, 4.69) is 10.1 Å². The van der Waals surface area contributed by atoms with Crippen molar-refractivity contribution in [2.75, 3.05) is 13.1 Å². The van der Waals surface area contributed by atoms with Gasteiger partial charge >= 0.3 is 0 Å². The SMILES string of the molecule is O=C(c1ccncc1F)N1CCC(=NO)CC1. The summed E-state index contributed by atoms with van der Waals surface area (Å²) in [4.78, 5) is 17.1. The lowest BCUT2D eigenvalue weighted by Crippen LogP contribution is -2.39. The van der Waals surface area contributed by atoms with Crippen LogP contribution in [0.3, 0.4) is 0 Å². The van der Waals surface area contributed by atoms with Gasteiger partial charge in [-0.15, -0.1) is 0 Å². The highest BCUT2D eigenvalue weighted by molar-refractivity contribution is 5.96. The summed E-state index contributed by atoms with van der Waals surface area (Å²) in [5.41, 5.74) is 0.702. The van der Waals surface area contributed by atoms with E-state index in [1.54, 1.807) is 4.90 Å². The molecule has 90 valence electrons. The topological polar surface area (TPSA) is 65.8 Å². The molecule has 0 radical (unpaired) electrons. The number of carbonyl (C=O) groups excluding carboxylic acids is 1. The second-order valence-electron chi connectivity index (χ2n) is 3.81. The van der Waals surface area contributed by atoms with Gasteiger partial charge < -0.3 is 10.1 Å². The minimum atomic E-state index is -0.612. The summed E-state index contributed by atoms with van der Waals surface area (Å²) >= 11 is 0. The summed E-state index contributed by atoms with van der Waals surface area (Å²) in [5.74, 6) is -0.957. The van der Waals surface area contributed by atoms with Crippen molar-refractivity contribution in [3.05, 3.63) is 29.8 Å². The monoisotopic (exact) mass is 237 g/mol. The Labute approximate surface area is 97.6 Å². The highest BCUT2D eigenvalue weighted by Crippen LogP contribution is 2.13. The maximum absolute atomic E-state index is 13.4. The van der Waals surface area contributed by atoms with E-state index in [4.69, 9.17) is 5.21 Å². The van der Waals surface area contributed by atoms with Gasteiger partial charge in [-0.1, -0.05) is 5.16 Å². The molecule has 0 bridgehead atoms. The average molecular weight is 237 g/mol. The molecular weight excluding hydrogens is 225 g/mol. The highest BCUT2D eigenvalue weighted by Gasteiger charge is 2.23. The third-order valence-electron chi connectivity index (χ3n) is 2.77. The molecular formula is C11H12FN3O2. The van der Waals surface area contributed by atoms with Gasteiger partial charge in [0.2, 0.25) is 0 Å². The zero-order valence-corrected chi connectivity index (χ0v) is 9.14. The highest BCUT2D eigenvalue weighted by atomic mass is 19.1. The Kier molecular flexibility index (Phi) is 3.32. The van der Waals surface area contributed by atoms with E-state index in [-0.39, 0.29) is 11.5 Å². The number of carbonyl (C=O) groups is 1. The molecule has 2 heterocycles. The molecule has 0 aromatic carbocycles. The van der Waals surface area contributed by atoms with Crippen LogP contribution in [0.25, 0.3) is 0 Å². The lowest BCUT2D eigenvalue weighted by molar-refractivity contribution is 0.0749. The van der Waals surface area contributed by atoms with E-state index in [0.717, 1.165) is 6.20 Å². The predicted molar refractivity (Wildman–Crippen MR) is 58.6 cm³/mol. The van der Waals surface area contributed by atoms with Crippen molar-refractivity contribution in [1.82, 2.24) is 9.88 Å². The van der Waals surface area contributed by atoms with Crippen molar-refractivity contribution in [3.8, 4) is 0 Å². The summed E-state index contributed by atoms with van der Waals surface area (Å²) < 4.78 is 13.4. The standard InChI is InChI=1S/C11H12FN3O2/c12-10-7-13-4-1-9(10)11(16)15-5-2-8(14-17)3-6-15/h1,4,7,17H,2-3,5-6H2. The van der Waals surface area contributed by atoms with Crippen LogP contribution in [0, 0.1) is 5.82 Å².